The fourth-order valence-electron chi connectivity index (χ4n) is 0.943. The van der Waals surface area contributed by atoms with Gasteiger partial charge in [-0.25, -0.2) is 0 Å². The van der Waals surface area contributed by atoms with E-state index in [1.54, 1.807) is 24.3 Å². The largest absolute Gasteiger partial charge is 0.196 e. The summed E-state index contributed by atoms with van der Waals surface area (Å²) >= 11 is 0. The first-order valence-corrected chi connectivity index (χ1v) is 2.85. The standard InChI is InChI=1S/C7H2N4/c8-2-6(3-9)1-7(6,4-10)5-11/h1H2. The lowest BCUT2D eigenvalue weighted by atomic mass is 9.98. The topological polar surface area (TPSA) is 95.2 Å². The van der Waals surface area contributed by atoms with Crippen molar-refractivity contribution in [3.8, 4) is 24.3 Å². The number of nitrogens with zero attached hydrogens (tertiary/aromatic N) is 4. The third kappa shape index (κ3) is 0.536. The number of rotatable bonds is 0. The molecule has 0 N–H and O–H groups in total. The lowest BCUT2D eigenvalue weighted by Crippen LogP contribution is -2.05. The van der Waals surface area contributed by atoms with Crippen LogP contribution in [0.2, 0.25) is 0 Å². The molecule has 0 saturated heterocycles. The molecule has 0 amide bonds. The molecule has 0 spiro atoms. The van der Waals surface area contributed by atoms with Crippen molar-refractivity contribution in [3.63, 3.8) is 0 Å². The van der Waals surface area contributed by atoms with Gasteiger partial charge in [-0.05, 0) is 0 Å². The zero-order valence-electron chi connectivity index (χ0n) is 5.50. The predicted octanol–water partition coefficient (Wildman–Crippen LogP) is 0.457. The highest BCUT2D eigenvalue weighted by Crippen LogP contribution is 2.62. The van der Waals surface area contributed by atoms with Crippen LogP contribution in [0, 0.1) is 56.2 Å². The molecule has 1 aliphatic carbocycles. The van der Waals surface area contributed by atoms with Crippen LogP contribution in [-0.4, -0.2) is 0 Å². The molecule has 0 bridgehead atoms. The molecule has 1 fully saturated rings. The molecular weight excluding hydrogens is 140 g/mol. The lowest BCUT2D eigenvalue weighted by molar-refractivity contribution is 0.727. The summed E-state index contributed by atoms with van der Waals surface area (Å²) in [6.45, 7) is 0. The minimum absolute atomic E-state index is 0.0556. The molecule has 4 nitrogen and oxygen atoms in total. The molecule has 1 saturated carbocycles. The van der Waals surface area contributed by atoms with Gasteiger partial charge in [0.25, 0.3) is 0 Å². The van der Waals surface area contributed by atoms with Gasteiger partial charge >= 0.3 is 0 Å². The van der Waals surface area contributed by atoms with E-state index in [1.165, 1.54) is 0 Å². The molecule has 50 valence electrons. The SMILES string of the molecule is N#CC1(C#N)CC1(C#N)C#N. The zero-order valence-corrected chi connectivity index (χ0v) is 5.50. The van der Waals surface area contributed by atoms with Gasteiger partial charge in [-0.1, -0.05) is 0 Å². The van der Waals surface area contributed by atoms with Crippen LogP contribution >= 0.6 is 0 Å². The average Bonchev–Trinajstić information content (AvgIpc) is 2.75. The predicted molar refractivity (Wildman–Crippen MR) is 31.9 cm³/mol. The molecule has 0 aromatic rings. The van der Waals surface area contributed by atoms with E-state index in [2.05, 4.69) is 0 Å². The maximum absolute atomic E-state index is 8.48. The van der Waals surface area contributed by atoms with Crippen molar-refractivity contribution in [1.82, 2.24) is 0 Å². The Labute approximate surface area is 63.5 Å². The Morgan fingerprint density at radius 1 is 0.727 bits per heavy atom. The van der Waals surface area contributed by atoms with E-state index in [4.69, 9.17) is 21.0 Å². The minimum atomic E-state index is -1.36. The molecule has 0 atom stereocenters. The minimum Gasteiger partial charge on any atom is -0.196 e. The van der Waals surface area contributed by atoms with E-state index in [9.17, 15) is 0 Å². The van der Waals surface area contributed by atoms with Crippen molar-refractivity contribution >= 4 is 0 Å². The number of hydrogen-bond acceptors (Lipinski definition) is 4. The van der Waals surface area contributed by atoms with E-state index < -0.39 is 10.8 Å². The van der Waals surface area contributed by atoms with Crippen LogP contribution in [0.25, 0.3) is 0 Å². The Bertz CT molecular complexity index is 290. The Morgan fingerprint density at radius 3 is 1.09 bits per heavy atom. The maximum atomic E-state index is 8.48. The second-order valence-corrected chi connectivity index (χ2v) is 2.43. The van der Waals surface area contributed by atoms with Crippen LogP contribution in [0.1, 0.15) is 6.42 Å². The molecule has 1 aliphatic rings. The molecule has 4 heteroatoms. The van der Waals surface area contributed by atoms with Crippen LogP contribution in [0.15, 0.2) is 0 Å². The number of hydrogen-bond donors (Lipinski definition) is 0. The second-order valence-electron chi connectivity index (χ2n) is 2.43. The highest BCUT2D eigenvalue weighted by atomic mass is 14.7. The summed E-state index contributed by atoms with van der Waals surface area (Å²) in [5.74, 6) is 0. The van der Waals surface area contributed by atoms with Crippen molar-refractivity contribution in [2.75, 3.05) is 0 Å². The summed E-state index contributed by atoms with van der Waals surface area (Å²) in [5.41, 5.74) is -2.73. The third-order valence-electron chi connectivity index (χ3n) is 1.90. The van der Waals surface area contributed by atoms with Crippen molar-refractivity contribution in [1.29, 1.82) is 21.0 Å². The van der Waals surface area contributed by atoms with Gasteiger partial charge in [0.15, 0.2) is 10.8 Å². The van der Waals surface area contributed by atoms with Gasteiger partial charge in [-0.3, -0.25) is 0 Å². The number of nitriles is 4. The first kappa shape index (κ1) is 7.07. The summed E-state index contributed by atoms with van der Waals surface area (Å²) < 4.78 is 0. The van der Waals surface area contributed by atoms with Gasteiger partial charge in [-0.15, -0.1) is 0 Å². The summed E-state index contributed by atoms with van der Waals surface area (Å²) in [6.07, 6.45) is 0.0556. The molecule has 0 aromatic heterocycles. The molecule has 11 heavy (non-hydrogen) atoms. The maximum Gasteiger partial charge on any atom is 0.178 e. The summed E-state index contributed by atoms with van der Waals surface area (Å²) in [7, 11) is 0. The highest BCUT2D eigenvalue weighted by Gasteiger charge is 2.72. The van der Waals surface area contributed by atoms with E-state index in [0.717, 1.165) is 0 Å². The molecule has 0 unspecified atom stereocenters. The van der Waals surface area contributed by atoms with Crippen LogP contribution in [0.5, 0.6) is 0 Å². The first-order chi connectivity index (χ1) is 5.20. The van der Waals surface area contributed by atoms with Gasteiger partial charge in [0, 0.05) is 6.42 Å². The van der Waals surface area contributed by atoms with E-state index in [-0.39, 0.29) is 6.42 Å². The second kappa shape index (κ2) is 1.72. The fourth-order valence-corrected chi connectivity index (χ4v) is 0.943. The quantitative estimate of drug-likeness (QED) is 0.490. The third-order valence-corrected chi connectivity index (χ3v) is 1.90. The van der Waals surface area contributed by atoms with Gasteiger partial charge in [0.2, 0.25) is 0 Å². The lowest BCUT2D eigenvalue weighted by Gasteiger charge is -1.92. The Balaban J connectivity index is 3.11. The van der Waals surface area contributed by atoms with Gasteiger partial charge in [0.1, 0.15) is 0 Å². The van der Waals surface area contributed by atoms with E-state index in [0.29, 0.717) is 0 Å². The molecule has 1 rings (SSSR count). The van der Waals surface area contributed by atoms with E-state index >= 15 is 0 Å². The van der Waals surface area contributed by atoms with Gasteiger partial charge in [0.05, 0.1) is 24.3 Å². The highest BCUT2D eigenvalue weighted by molar-refractivity contribution is 5.46. The smallest absolute Gasteiger partial charge is 0.178 e. The monoisotopic (exact) mass is 142 g/mol. The van der Waals surface area contributed by atoms with Crippen LogP contribution in [0.4, 0.5) is 0 Å². The molecule has 0 aromatic carbocycles. The first-order valence-electron chi connectivity index (χ1n) is 2.85. The van der Waals surface area contributed by atoms with Gasteiger partial charge < -0.3 is 0 Å². The molecule has 0 radical (unpaired) electrons. The molecule has 0 aliphatic heterocycles. The Hall–Kier alpha value is -2.04. The average molecular weight is 142 g/mol. The Kier molecular flexibility index (Phi) is 1.11. The molecule has 0 heterocycles. The van der Waals surface area contributed by atoms with Crippen molar-refractivity contribution in [2.45, 2.75) is 6.42 Å². The van der Waals surface area contributed by atoms with Crippen molar-refractivity contribution in [2.24, 2.45) is 10.8 Å². The summed E-state index contributed by atoms with van der Waals surface area (Å²) in [5, 5.41) is 33.9. The van der Waals surface area contributed by atoms with Crippen LogP contribution in [-0.2, 0) is 0 Å². The normalized spacial score (nSPS) is 21.5. The van der Waals surface area contributed by atoms with Crippen molar-refractivity contribution in [3.05, 3.63) is 0 Å². The molecular formula is C7H2N4. The summed E-state index contributed by atoms with van der Waals surface area (Å²) in [6, 6.07) is 6.76. The fraction of sp³-hybridized carbons (Fsp3) is 0.429. The zero-order chi connectivity index (χ0) is 8.54. The van der Waals surface area contributed by atoms with Crippen LogP contribution < -0.4 is 0 Å². The van der Waals surface area contributed by atoms with Crippen LogP contribution in [0.3, 0.4) is 0 Å². The van der Waals surface area contributed by atoms with E-state index in [1.807, 2.05) is 0 Å². The summed E-state index contributed by atoms with van der Waals surface area (Å²) in [4.78, 5) is 0. The Morgan fingerprint density at radius 2 is 1.00 bits per heavy atom. The van der Waals surface area contributed by atoms with Crippen molar-refractivity contribution < 1.29 is 0 Å². The van der Waals surface area contributed by atoms with Gasteiger partial charge in [-0.2, -0.15) is 21.0 Å².